The summed E-state index contributed by atoms with van der Waals surface area (Å²) in [6.07, 6.45) is -2.09. The van der Waals surface area contributed by atoms with Gasteiger partial charge in [0.2, 0.25) is 0 Å². The number of rotatable bonds is 3. The summed E-state index contributed by atoms with van der Waals surface area (Å²) in [5.74, 6) is -0.627. The van der Waals surface area contributed by atoms with Crippen molar-refractivity contribution < 1.29 is 23.5 Å². The second-order valence-electron chi connectivity index (χ2n) is 7.23. The molecular weight excluding hydrogens is 313 g/mol. The van der Waals surface area contributed by atoms with Crippen LogP contribution in [-0.4, -0.2) is 40.8 Å². The summed E-state index contributed by atoms with van der Waals surface area (Å²) in [5, 5.41) is 0. The number of carbonyl (C=O) groups excluding carboxylic acids is 2. The molecule has 0 saturated carbocycles. The zero-order valence-electron chi connectivity index (χ0n) is 14.5. The molecule has 0 bridgehead atoms. The molecule has 2 rings (SSSR count). The number of benzene rings is 1. The molecule has 132 valence electrons. The van der Waals surface area contributed by atoms with Crippen molar-refractivity contribution in [2.45, 2.75) is 58.0 Å². The minimum Gasteiger partial charge on any atom is -0.459 e. The van der Waals surface area contributed by atoms with Gasteiger partial charge in [-0.25, -0.2) is 14.0 Å². The fourth-order valence-corrected chi connectivity index (χ4v) is 2.67. The fourth-order valence-electron chi connectivity index (χ4n) is 2.67. The van der Waals surface area contributed by atoms with Crippen LogP contribution < -0.4 is 0 Å². The van der Waals surface area contributed by atoms with E-state index in [0.29, 0.717) is 0 Å². The van der Waals surface area contributed by atoms with E-state index in [1.807, 2.05) is 30.3 Å². The number of ether oxygens (including phenoxy) is 2. The van der Waals surface area contributed by atoms with Crippen molar-refractivity contribution in [3.63, 3.8) is 0 Å². The molecule has 1 aliphatic rings. The molecule has 0 spiro atoms. The first-order valence-electron chi connectivity index (χ1n) is 7.98. The smallest absolute Gasteiger partial charge is 0.411 e. The van der Waals surface area contributed by atoms with Crippen LogP contribution in [-0.2, 0) is 20.9 Å². The maximum absolute atomic E-state index is 13.9. The van der Waals surface area contributed by atoms with Crippen LogP contribution in [0.5, 0.6) is 0 Å². The molecule has 1 saturated heterocycles. The SMILES string of the molecule is CC(C)(C)OC(=O)N1C[C@H](F)C[C@]1(C)C(=O)OCc1ccccc1. The average Bonchev–Trinajstić information content (AvgIpc) is 2.80. The van der Waals surface area contributed by atoms with Gasteiger partial charge in [0.1, 0.15) is 23.9 Å². The van der Waals surface area contributed by atoms with Crippen LogP contribution in [0.2, 0.25) is 0 Å². The third-order valence-electron chi connectivity index (χ3n) is 3.86. The molecule has 1 aliphatic heterocycles. The number of carbonyl (C=O) groups is 2. The number of hydrogen-bond donors (Lipinski definition) is 0. The molecule has 1 amide bonds. The van der Waals surface area contributed by atoms with Gasteiger partial charge in [-0.05, 0) is 33.3 Å². The molecule has 2 atom stereocenters. The Labute approximate surface area is 141 Å². The van der Waals surface area contributed by atoms with Crippen molar-refractivity contribution in [3.8, 4) is 0 Å². The van der Waals surface area contributed by atoms with E-state index in [-0.39, 0.29) is 19.6 Å². The lowest BCUT2D eigenvalue weighted by Crippen LogP contribution is -2.52. The van der Waals surface area contributed by atoms with Crippen molar-refractivity contribution >= 4 is 12.1 Å². The highest BCUT2D eigenvalue weighted by Crippen LogP contribution is 2.33. The predicted molar refractivity (Wildman–Crippen MR) is 87.1 cm³/mol. The normalized spacial score (nSPS) is 23.9. The van der Waals surface area contributed by atoms with Gasteiger partial charge in [-0.1, -0.05) is 30.3 Å². The molecule has 5 nitrogen and oxygen atoms in total. The first kappa shape index (κ1) is 18.2. The summed E-state index contributed by atoms with van der Waals surface area (Å²) in [7, 11) is 0. The van der Waals surface area contributed by atoms with Gasteiger partial charge in [-0.15, -0.1) is 0 Å². The second-order valence-corrected chi connectivity index (χ2v) is 7.23. The number of hydrogen-bond acceptors (Lipinski definition) is 4. The van der Waals surface area contributed by atoms with E-state index in [2.05, 4.69) is 0 Å². The molecule has 0 radical (unpaired) electrons. The van der Waals surface area contributed by atoms with E-state index in [0.717, 1.165) is 10.5 Å². The Balaban J connectivity index is 2.09. The van der Waals surface area contributed by atoms with E-state index in [9.17, 15) is 14.0 Å². The van der Waals surface area contributed by atoms with Crippen LogP contribution in [0.4, 0.5) is 9.18 Å². The number of likely N-dealkylation sites (tertiary alicyclic amines) is 1. The van der Waals surface area contributed by atoms with E-state index >= 15 is 0 Å². The number of alkyl halides is 1. The number of esters is 1. The first-order chi connectivity index (χ1) is 11.1. The first-order valence-corrected chi connectivity index (χ1v) is 7.98. The lowest BCUT2D eigenvalue weighted by atomic mass is 9.99. The molecule has 1 aromatic rings. The number of halogens is 1. The van der Waals surface area contributed by atoms with Gasteiger partial charge in [0, 0.05) is 6.42 Å². The number of amides is 1. The average molecular weight is 337 g/mol. The molecule has 1 aromatic carbocycles. The Morgan fingerprint density at radius 2 is 1.92 bits per heavy atom. The van der Waals surface area contributed by atoms with Crippen molar-refractivity contribution in [2.75, 3.05) is 6.54 Å². The van der Waals surface area contributed by atoms with Gasteiger partial charge in [0.15, 0.2) is 0 Å². The molecule has 6 heteroatoms. The fraction of sp³-hybridized carbons (Fsp3) is 0.556. The minimum atomic E-state index is -1.36. The Bertz CT molecular complexity index is 599. The molecule has 0 aliphatic carbocycles. The summed E-state index contributed by atoms with van der Waals surface area (Å²) < 4.78 is 24.5. The highest BCUT2D eigenvalue weighted by molar-refractivity contribution is 5.86. The minimum absolute atomic E-state index is 0.0778. The molecule has 0 unspecified atom stereocenters. The van der Waals surface area contributed by atoms with Gasteiger partial charge in [-0.3, -0.25) is 4.90 Å². The molecule has 1 fully saturated rings. The monoisotopic (exact) mass is 337 g/mol. The van der Waals surface area contributed by atoms with Gasteiger partial charge < -0.3 is 9.47 Å². The molecule has 0 N–H and O–H groups in total. The summed E-state index contributed by atoms with van der Waals surface area (Å²) in [6.45, 7) is 6.58. The summed E-state index contributed by atoms with van der Waals surface area (Å²) in [6, 6.07) is 9.19. The van der Waals surface area contributed by atoms with Crippen molar-refractivity contribution in [2.24, 2.45) is 0 Å². The quantitative estimate of drug-likeness (QED) is 0.793. The van der Waals surface area contributed by atoms with Crippen LogP contribution in [0.1, 0.15) is 39.7 Å². The molecule has 0 aromatic heterocycles. The Morgan fingerprint density at radius 1 is 1.29 bits per heavy atom. The largest absolute Gasteiger partial charge is 0.459 e. The third-order valence-corrected chi connectivity index (χ3v) is 3.86. The molecular formula is C18H24FNO4. The lowest BCUT2D eigenvalue weighted by molar-refractivity contribution is -0.156. The van der Waals surface area contributed by atoms with E-state index in [4.69, 9.17) is 9.47 Å². The van der Waals surface area contributed by atoms with Crippen LogP contribution in [0.15, 0.2) is 30.3 Å². The van der Waals surface area contributed by atoms with Gasteiger partial charge in [0.05, 0.1) is 6.54 Å². The van der Waals surface area contributed by atoms with Crippen molar-refractivity contribution in [1.82, 2.24) is 4.90 Å². The zero-order valence-corrected chi connectivity index (χ0v) is 14.5. The van der Waals surface area contributed by atoms with Crippen LogP contribution >= 0.6 is 0 Å². The summed E-state index contributed by atoms with van der Waals surface area (Å²) >= 11 is 0. The Kier molecular flexibility index (Phi) is 5.16. The van der Waals surface area contributed by atoms with Gasteiger partial charge >= 0.3 is 12.1 Å². The van der Waals surface area contributed by atoms with Gasteiger partial charge in [-0.2, -0.15) is 0 Å². The highest BCUT2D eigenvalue weighted by Gasteiger charge is 2.52. The highest BCUT2D eigenvalue weighted by atomic mass is 19.1. The van der Waals surface area contributed by atoms with E-state index in [1.54, 1.807) is 20.8 Å². The van der Waals surface area contributed by atoms with Crippen LogP contribution in [0.25, 0.3) is 0 Å². The Morgan fingerprint density at radius 3 is 2.50 bits per heavy atom. The van der Waals surface area contributed by atoms with Crippen molar-refractivity contribution in [3.05, 3.63) is 35.9 Å². The van der Waals surface area contributed by atoms with Gasteiger partial charge in [0.25, 0.3) is 0 Å². The second kappa shape index (κ2) is 6.79. The van der Waals surface area contributed by atoms with E-state index in [1.165, 1.54) is 6.92 Å². The van der Waals surface area contributed by atoms with Crippen molar-refractivity contribution in [1.29, 1.82) is 0 Å². The molecule has 24 heavy (non-hydrogen) atoms. The molecule has 1 heterocycles. The predicted octanol–water partition coefficient (Wildman–Crippen LogP) is 3.47. The summed E-state index contributed by atoms with van der Waals surface area (Å²) in [5.41, 5.74) is -1.26. The zero-order chi connectivity index (χ0) is 18.0. The third kappa shape index (κ3) is 4.24. The maximum Gasteiger partial charge on any atom is 0.411 e. The number of nitrogens with zero attached hydrogens (tertiary/aromatic N) is 1. The lowest BCUT2D eigenvalue weighted by Gasteiger charge is -2.33. The van der Waals surface area contributed by atoms with Crippen LogP contribution in [0, 0.1) is 0 Å². The summed E-state index contributed by atoms with van der Waals surface area (Å²) in [4.78, 5) is 26.0. The topological polar surface area (TPSA) is 55.8 Å². The van der Waals surface area contributed by atoms with E-state index < -0.39 is 29.4 Å². The van der Waals surface area contributed by atoms with Crippen LogP contribution in [0.3, 0.4) is 0 Å². The Hall–Kier alpha value is -2.11. The standard InChI is InChI=1S/C18H24FNO4/c1-17(2,3)24-16(22)20-11-14(19)10-18(20,4)15(21)23-12-13-8-6-5-7-9-13/h5-9,14H,10-12H2,1-4H3/t14-,18-/m1/s1. The maximum atomic E-state index is 13.9.